The number of anilines is 4. The predicted molar refractivity (Wildman–Crippen MR) is 127 cm³/mol. The Labute approximate surface area is 194 Å². The van der Waals surface area contributed by atoms with E-state index in [1.54, 1.807) is 11.1 Å². The van der Waals surface area contributed by atoms with Crippen LogP contribution in [0.15, 0.2) is 24.4 Å². The lowest BCUT2D eigenvalue weighted by Gasteiger charge is -2.44. The van der Waals surface area contributed by atoms with Gasteiger partial charge in [0.05, 0.1) is 23.1 Å². The average molecular weight is 468 g/mol. The van der Waals surface area contributed by atoms with Crippen LogP contribution in [0, 0.1) is 5.41 Å². The average Bonchev–Trinajstić information content (AvgIpc) is 3.36. The van der Waals surface area contributed by atoms with E-state index in [-0.39, 0.29) is 22.8 Å². The topological polar surface area (TPSA) is 95.5 Å². The van der Waals surface area contributed by atoms with Crippen LogP contribution in [0.1, 0.15) is 56.1 Å². The number of sulfone groups is 1. The van der Waals surface area contributed by atoms with Gasteiger partial charge in [0.15, 0.2) is 15.7 Å². The van der Waals surface area contributed by atoms with Gasteiger partial charge in [0.1, 0.15) is 5.69 Å². The smallest absolute Gasteiger partial charge is 0.234 e. The molecule has 9 heteroatoms. The number of fused-ring (bicyclic) bond motifs is 2. The van der Waals surface area contributed by atoms with E-state index in [9.17, 15) is 13.2 Å². The van der Waals surface area contributed by atoms with Crippen molar-refractivity contribution >= 4 is 38.9 Å². The van der Waals surface area contributed by atoms with E-state index in [1.165, 1.54) is 12.8 Å². The molecule has 1 N–H and O–H groups in total. The molecule has 2 saturated carbocycles. The van der Waals surface area contributed by atoms with Gasteiger partial charge in [-0.05, 0) is 48.9 Å². The van der Waals surface area contributed by atoms with Crippen LogP contribution in [-0.2, 0) is 26.1 Å². The van der Waals surface area contributed by atoms with Gasteiger partial charge < -0.3 is 15.1 Å². The van der Waals surface area contributed by atoms with Crippen molar-refractivity contribution in [2.45, 2.75) is 62.5 Å². The largest absolute Gasteiger partial charge is 0.351 e. The van der Waals surface area contributed by atoms with E-state index in [4.69, 9.17) is 4.98 Å². The first-order valence-corrected chi connectivity index (χ1v) is 13.7. The van der Waals surface area contributed by atoms with Crippen molar-refractivity contribution < 1.29 is 13.2 Å². The molecule has 1 aromatic carbocycles. The Balaban J connectivity index is 1.36. The molecule has 2 fully saturated rings. The zero-order valence-corrected chi connectivity index (χ0v) is 19.7. The number of amides is 1. The van der Waals surface area contributed by atoms with Crippen LogP contribution in [0.2, 0.25) is 0 Å². The molecular weight excluding hydrogens is 438 g/mol. The van der Waals surface area contributed by atoms with Gasteiger partial charge >= 0.3 is 0 Å². The fourth-order valence-electron chi connectivity index (χ4n) is 5.93. The molecule has 33 heavy (non-hydrogen) atoms. The summed E-state index contributed by atoms with van der Waals surface area (Å²) in [6, 6.07) is 6.02. The Morgan fingerprint density at radius 1 is 1.09 bits per heavy atom. The van der Waals surface area contributed by atoms with Gasteiger partial charge in [0.2, 0.25) is 11.9 Å². The van der Waals surface area contributed by atoms with Crippen LogP contribution < -0.4 is 15.1 Å². The molecule has 4 aliphatic rings. The first kappa shape index (κ1) is 20.9. The van der Waals surface area contributed by atoms with Gasteiger partial charge in [0.25, 0.3) is 0 Å². The Morgan fingerprint density at radius 3 is 2.58 bits per heavy atom. The summed E-state index contributed by atoms with van der Waals surface area (Å²) in [5.74, 6) is 1.65. The van der Waals surface area contributed by atoms with Crippen molar-refractivity contribution in [3.8, 4) is 0 Å². The van der Waals surface area contributed by atoms with Crippen molar-refractivity contribution in [2.75, 3.05) is 28.7 Å². The van der Waals surface area contributed by atoms with Gasteiger partial charge in [-0.3, -0.25) is 4.79 Å². The molecule has 0 radical (unpaired) electrons. The summed E-state index contributed by atoms with van der Waals surface area (Å²) in [6.45, 7) is 0.723. The monoisotopic (exact) mass is 467 g/mol. The normalized spacial score (nSPS) is 23.2. The van der Waals surface area contributed by atoms with Crippen LogP contribution in [0.25, 0.3) is 0 Å². The molecule has 2 aliphatic carbocycles. The van der Waals surface area contributed by atoms with E-state index in [2.05, 4.69) is 15.2 Å². The summed E-state index contributed by atoms with van der Waals surface area (Å²) < 4.78 is 23.9. The Hall–Kier alpha value is -2.68. The van der Waals surface area contributed by atoms with E-state index in [1.807, 2.05) is 25.2 Å². The summed E-state index contributed by atoms with van der Waals surface area (Å²) in [7, 11) is -1.21. The second kappa shape index (κ2) is 7.41. The quantitative estimate of drug-likeness (QED) is 0.738. The second-order valence-electron chi connectivity index (χ2n) is 10.1. The number of benzene rings is 1. The third-order valence-electron chi connectivity index (χ3n) is 7.90. The summed E-state index contributed by atoms with van der Waals surface area (Å²) in [6.07, 6.45) is 9.39. The van der Waals surface area contributed by atoms with Crippen molar-refractivity contribution in [3.05, 3.63) is 35.5 Å². The SMILES string of the molecule is CN1C(=O)C2(CCC2)CN(C2CCCC2)c2nc(Nc3ccc4c(c3)CS(=O)(=O)C4)ncc21. The maximum Gasteiger partial charge on any atom is 0.234 e. The molecule has 0 atom stereocenters. The molecule has 2 aliphatic heterocycles. The third-order valence-corrected chi connectivity index (χ3v) is 9.41. The highest BCUT2D eigenvalue weighted by atomic mass is 32.2. The maximum atomic E-state index is 13.4. The van der Waals surface area contributed by atoms with Gasteiger partial charge in [-0.2, -0.15) is 4.98 Å². The van der Waals surface area contributed by atoms with Gasteiger partial charge in [-0.1, -0.05) is 25.3 Å². The molecule has 1 aromatic heterocycles. The highest BCUT2D eigenvalue weighted by molar-refractivity contribution is 7.90. The first-order valence-electron chi connectivity index (χ1n) is 11.8. The fraction of sp³-hybridized carbons (Fsp3) is 0.542. The highest BCUT2D eigenvalue weighted by Crippen LogP contribution is 2.49. The Kier molecular flexibility index (Phi) is 4.69. The number of hydrogen-bond donors (Lipinski definition) is 1. The van der Waals surface area contributed by atoms with Gasteiger partial charge in [-0.15, -0.1) is 0 Å². The molecule has 174 valence electrons. The van der Waals surface area contributed by atoms with Crippen molar-refractivity contribution in [2.24, 2.45) is 5.41 Å². The zero-order valence-electron chi connectivity index (χ0n) is 18.9. The van der Waals surface area contributed by atoms with Crippen molar-refractivity contribution in [1.29, 1.82) is 0 Å². The number of carbonyl (C=O) groups is 1. The van der Waals surface area contributed by atoms with Gasteiger partial charge in [-0.25, -0.2) is 13.4 Å². The van der Waals surface area contributed by atoms with E-state index >= 15 is 0 Å². The lowest BCUT2D eigenvalue weighted by atomic mass is 9.67. The standard InChI is InChI=1S/C24H29N5O3S/c1-28-20-12-25-23(26-18-8-7-16-13-33(31,32)14-17(16)11-18)27-21(20)29(19-5-2-3-6-19)15-24(22(28)30)9-4-10-24/h7-8,11-12,19H,2-6,9-10,13-15H2,1H3,(H,25,26,27). The summed E-state index contributed by atoms with van der Waals surface area (Å²) >= 11 is 0. The number of aromatic nitrogens is 2. The van der Waals surface area contributed by atoms with Gasteiger partial charge in [0, 0.05) is 25.3 Å². The minimum absolute atomic E-state index is 0.0767. The molecule has 0 bridgehead atoms. The lowest BCUT2D eigenvalue weighted by molar-refractivity contribution is -0.131. The highest BCUT2D eigenvalue weighted by Gasteiger charge is 2.51. The maximum absolute atomic E-state index is 13.4. The van der Waals surface area contributed by atoms with Crippen LogP contribution in [-0.4, -0.2) is 43.9 Å². The number of carbonyl (C=O) groups excluding carboxylic acids is 1. The van der Waals surface area contributed by atoms with E-state index in [0.29, 0.717) is 12.0 Å². The fourth-order valence-corrected chi connectivity index (χ4v) is 7.53. The summed E-state index contributed by atoms with van der Waals surface area (Å²) in [5, 5.41) is 3.27. The van der Waals surface area contributed by atoms with Crippen LogP contribution in [0.4, 0.5) is 23.1 Å². The van der Waals surface area contributed by atoms with Crippen LogP contribution >= 0.6 is 0 Å². The molecule has 1 amide bonds. The Morgan fingerprint density at radius 2 is 1.85 bits per heavy atom. The third kappa shape index (κ3) is 3.48. The lowest BCUT2D eigenvalue weighted by Crippen LogP contribution is -2.52. The number of rotatable bonds is 3. The molecule has 2 aromatic rings. The molecule has 8 nitrogen and oxygen atoms in total. The van der Waals surface area contributed by atoms with E-state index < -0.39 is 9.84 Å². The van der Waals surface area contributed by atoms with Crippen LogP contribution in [0.3, 0.4) is 0 Å². The molecule has 3 heterocycles. The predicted octanol–water partition coefficient (Wildman–Crippen LogP) is 3.54. The number of hydrogen-bond acceptors (Lipinski definition) is 7. The first-order chi connectivity index (χ1) is 15.8. The summed E-state index contributed by atoms with van der Waals surface area (Å²) in [4.78, 5) is 27.0. The van der Waals surface area contributed by atoms with Crippen LogP contribution in [0.5, 0.6) is 0 Å². The minimum atomic E-state index is -3.05. The molecule has 0 saturated heterocycles. The van der Waals surface area contributed by atoms with E-state index in [0.717, 1.165) is 67.0 Å². The van der Waals surface area contributed by atoms with Crippen molar-refractivity contribution in [1.82, 2.24) is 9.97 Å². The Bertz CT molecular complexity index is 1230. The molecule has 6 rings (SSSR count). The zero-order chi connectivity index (χ0) is 22.8. The molecular formula is C24H29N5O3S. The number of nitrogens with one attached hydrogen (secondary N) is 1. The second-order valence-corrected chi connectivity index (χ2v) is 12.2. The summed E-state index contributed by atoms with van der Waals surface area (Å²) in [5.41, 5.74) is 2.92. The minimum Gasteiger partial charge on any atom is -0.351 e. The van der Waals surface area contributed by atoms with Crippen molar-refractivity contribution in [3.63, 3.8) is 0 Å². The number of nitrogens with zero attached hydrogens (tertiary/aromatic N) is 4. The molecule has 0 unspecified atom stereocenters. The molecule has 1 spiro atoms.